The second-order valence-electron chi connectivity index (χ2n) is 5.05. The van der Waals surface area contributed by atoms with Crippen LogP contribution in [0.2, 0.25) is 0 Å². The van der Waals surface area contributed by atoms with Crippen molar-refractivity contribution in [3.63, 3.8) is 0 Å². The van der Waals surface area contributed by atoms with Gasteiger partial charge in [0, 0.05) is 22.8 Å². The van der Waals surface area contributed by atoms with Crippen LogP contribution in [-0.2, 0) is 0 Å². The molecule has 0 atom stereocenters. The Hall–Kier alpha value is -3.02. The molecule has 6 nitrogen and oxygen atoms in total. The lowest BCUT2D eigenvalue weighted by molar-refractivity contribution is -0.385. The molecule has 0 aliphatic heterocycles. The summed E-state index contributed by atoms with van der Waals surface area (Å²) in [6.07, 6.45) is 0. The van der Waals surface area contributed by atoms with E-state index in [-0.39, 0.29) is 29.4 Å². The molecular formula is C17H15NO5. The first-order chi connectivity index (χ1) is 10.9. The van der Waals surface area contributed by atoms with Crippen LogP contribution in [-0.4, -0.2) is 23.1 Å². The summed E-state index contributed by atoms with van der Waals surface area (Å²) in [7, 11) is 0. The number of nitro benzene ring substituents is 1. The van der Waals surface area contributed by atoms with E-state index in [9.17, 15) is 19.7 Å². The van der Waals surface area contributed by atoms with Gasteiger partial charge in [0.25, 0.3) is 5.69 Å². The van der Waals surface area contributed by atoms with Crippen LogP contribution in [0.15, 0.2) is 42.5 Å². The molecule has 0 heterocycles. The van der Waals surface area contributed by atoms with Crippen molar-refractivity contribution in [1.82, 2.24) is 0 Å². The van der Waals surface area contributed by atoms with Crippen LogP contribution in [0.1, 0.15) is 33.2 Å². The van der Waals surface area contributed by atoms with E-state index in [1.54, 1.807) is 31.2 Å². The summed E-state index contributed by atoms with van der Waals surface area (Å²) in [5, 5.41) is 10.9. The van der Waals surface area contributed by atoms with Gasteiger partial charge >= 0.3 is 0 Å². The molecule has 118 valence electrons. The van der Waals surface area contributed by atoms with Crippen molar-refractivity contribution in [1.29, 1.82) is 0 Å². The number of nitro groups is 1. The van der Waals surface area contributed by atoms with Crippen LogP contribution in [0.4, 0.5) is 5.69 Å². The van der Waals surface area contributed by atoms with Gasteiger partial charge in [-0.15, -0.1) is 0 Å². The van der Waals surface area contributed by atoms with Gasteiger partial charge in [0.1, 0.15) is 5.75 Å². The quantitative estimate of drug-likeness (QED) is 0.463. The third-order valence-corrected chi connectivity index (χ3v) is 3.36. The molecule has 0 aromatic heterocycles. The molecular weight excluding hydrogens is 298 g/mol. The Kier molecular flexibility index (Phi) is 4.85. The first-order valence-electron chi connectivity index (χ1n) is 6.90. The van der Waals surface area contributed by atoms with Crippen LogP contribution in [0.5, 0.6) is 5.75 Å². The third-order valence-electron chi connectivity index (χ3n) is 3.36. The van der Waals surface area contributed by atoms with E-state index >= 15 is 0 Å². The van der Waals surface area contributed by atoms with Gasteiger partial charge in [-0.3, -0.25) is 19.7 Å². The molecule has 0 radical (unpaired) electrons. The standard InChI is InChI=1S/C17H15NO5/c1-11-3-4-14(9-16(11)18(21)22)17(20)10-23-15-7-5-13(6-8-15)12(2)19/h3-9H,10H2,1-2H3. The second-order valence-corrected chi connectivity index (χ2v) is 5.05. The van der Waals surface area contributed by atoms with Gasteiger partial charge in [0.2, 0.25) is 0 Å². The average molecular weight is 313 g/mol. The van der Waals surface area contributed by atoms with E-state index in [1.165, 1.54) is 25.1 Å². The number of ketones is 2. The van der Waals surface area contributed by atoms with Crippen molar-refractivity contribution in [2.24, 2.45) is 0 Å². The highest BCUT2D eigenvalue weighted by molar-refractivity contribution is 5.98. The summed E-state index contributed by atoms with van der Waals surface area (Å²) in [6.45, 7) is 2.84. The van der Waals surface area contributed by atoms with Gasteiger partial charge in [-0.05, 0) is 38.1 Å². The molecule has 0 unspecified atom stereocenters. The summed E-state index contributed by atoms with van der Waals surface area (Å²) < 4.78 is 5.36. The number of benzene rings is 2. The highest BCUT2D eigenvalue weighted by atomic mass is 16.6. The van der Waals surface area contributed by atoms with Crippen LogP contribution in [0, 0.1) is 17.0 Å². The number of rotatable bonds is 6. The Bertz CT molecular complexity index is 765. The Balaban J connectivity index is 2.06. The summed E-state index contributed by atoms with van der Waals surface area (Å²) in [6, 6.07) is 10.7. The molecule has 0 saturated carbocycles. The number of ether oxygens (including phenoxy) is 1. The molecule has 0 aliphatic rings. The summed E-state index contributed by atoms with van der Waals surface area (Å²) in [5.74, 6) is 0.0355. The van der Waals surface area contributed by atoms with E-state index in [4.69, 9.17) is 4.74 Å². The summed E-state index contributed by atoms with van der Waals surface area (Å²) >= 11 is 0. The van der Waals surface area contributed by atoms with Crippen LogP contribution < -0.4 is 4.74 Å². The number of aryl methyl sites for hydroxylation is 1. The monoisotopic (exact) mass is 313 g/mol. The third kappa shape index (κ3) is 4.00. The molecule has 2 aromatic carbocycles. The molecule has 6 heteroatoms. The number of carbonyl (C=O) groups excluding carboxylic acids is 2. The number of carbonyl (C=O) groups is 2. The second kappa shape index (κ2) is 6.83. The smallest absolute Gasteiger partial charge is 0.273 e. The SMILES string of the molecule is CC(=O)c1ccc(OCC(=O)c2ccc(C)c([N+](=O)[O-])c2)cc1. The van der Waals surface area contributed by atoms with E-state index < -0.39 is 4.92 Å². The Morgan fingerprint density at radius 3 is 2.26 bits per heavy atom. The van der Waals surface area contributed by atoms with Gasteiger partial charge in [-0.1, -0.05) is 12.1 Å². The fourth-order valence-electron chi connectivity index (χ4n) is 2.00. The zero-order chi connectivity index (χ0) is 17.0. The van der Waals surface area contributed by atoms with E-state index in [0.29, 0.717) is 16.9 Å². The van der Waals surface area contributed by atoms with E-state index in [1.807, 2.05) is 0 Å². The van der Waals surface area contributed by atoms with E-state index in [0.717, 1.165) is 0 Å². The molecule has 23 heavy (non-hydrogen) atoms. The van der Waals surface area contributed by atoms with Gasteiger partial charge in [0.15, 0.2) is 18.2 Å². The maximum absolute atomic E-state index is 12.1. The van der Waals surface area contributed by atoms with Gasteiger partial charge in [-0.2, -0.15) is 0 Å². The fraction of sp³-hybridized carbons (Fsp3) is 0.176. The maximum atomic E-state index is 12.1. The molecule has 0 amide bonds. The van der Waals surface area contributed by atoms with Crippen LogP contribution >= 0.6 is 0 Å². The highest BCUT2D eigenvalue weighted by Crippen LogP contribution is 2.20. The van der Waals surface area contributed by atoms with Crippen molar-refractivity contribution >= 4 is 17.3 Å². The first-order valence-corrected chi connectivity index (χ1v) is 6.90. The lowest BCUT2D eigenvalue weighted by Crippen LogP contribution is -2.12. The average Bonchev–Trinajstić information content (AvgIpc) is 2.53. The highest BCUT2D eigenvalue weighted by Gasteiger charge is 2.15. The predicted octanol–water partition coefficient (Wildman–Crippen LogP) is 3.37. The lowest BCUT2D eigenvalue weighted by Gasteiger charge is -2.06. The minimum atomic E-state index is -0.520. The fourth-order valence-corrected chi connectivity index (χ4v) is 2.00. The molecule has 0 N–H and O–H groups in total. The zero-order valence-corrected chi connectivity index (χ0v) is 12.7. The molecule has 2 aromatic rings. The zero-order valence-electron chi connectivity index (χ0n) is 12.7. The Labute approximate surface area is 132 Å². The molecule has 2 rings (SSSR count). The van der Waals surface area contributed by atoms with Gasteiger partial charge < -0.3 is 4.74 Å². The number of nitrogens with zero attached hydrogens (tertiary/aromatic N) is 1. The Morgan fingerprint density at radius 2 is 1.70 bits per heavy atom. The van der Waals surface area contributed by atoms with Crippen molar-refractivity contribution in [2.45, 2.75) is 13.8 Å². The maximum Gasteiger partial charge on any atom is 0.273 e. The van der Waals surface area contributed by atoms with Crippen LogP contribution in [0.25, 0.3) is 0 Å². The van der Waals surface area contributed by atoms with Crippen molar-refractivity contribution in [2.75, 3.05) is 6.61 Å². The lowest BCUT2D eigenvalue weighted by atomic mass is 10.1. The molecule has 0 spiro atoms. The van der Waals surface area contributed by atoms with Crippen molar-refractivity contribution in [3.05, 3.63) is 69.3 Å². The summed E-state index contributed by atoms with van der Waals surface area (Å²) in [5.41, 5.74) is 1.18. The van der Waals surface area contributed by atoms with E-state index in [2.05, 4.69) is 0 Å². The first kappa shape index (κ1) is 16.4. The largest absolute Gasteiger partial charge is 0.485 e. The summed E-state index contributed by atoms with van der Waals surface area (Å²) in [4.78, 5) is 33.6. The van der Waals surface area contributed by atoms with Gasteiger partial charge in [0.05, 0.1) is 4.92 Å². The van der Waals surface area contributed by atoms with Crippen LogP contribution in [0.3, 0.4) is 0 Å². The molecule has 0 aliphatic carbocycles. The predicted molar refractivity (Wildman–Crippen MR) is 84.1 cm³/mol. The van der Waals surface area contributed by atoms with Gasteiger partial charge in [-0.25, -0.2) is 0 Å². The minimum absolute atomic E-state index is 0.0559. The minimum Gasteiger partial charge on any atom is -0.485 e. The Morgan fingerprint density at radius 1 is 1.09 bits per heavy atom. The molecule has 0 bridgehead atoms. The molecule has 0 saturated heterocycles. The topological polar surface area (TPSA) is 86.5 Å². The number of Topliss-reactive ketones (excluding diaryl/α,β-unsaturated/α-hetero) is 2. The van der Waals surface area contributed by atoms with Crippen molar-refractivity contribution < 1.29 is 19.2 Å². The van der Waals surface area contributed by atoms with Crippen molar-refractivity contribution in [3.8, 4) is 5.75 Å². The molecule has 0 fully saturated rings. The number of hydrogen-bond donors (Lipinski definition) is 0. The number of hydrogen-bond acceptors (Lipinski definition) is 5. The normalized spacial score (nSPS) is 10.2.